The van der Waals surface area contributed by atoms with Gasteiger partial charge in [0.25, 0.3) is 5.91 Å². The Morgan fingerprint density at radius 1 is 0.842 bits per heavy atom. The number of likely N-dealkylation sites (tertiary alicyclic amines) is 1. The minimum atomic E-state index is -1.19. The van der Waals surface area contributed by atoms with Crippen molar-refractivity contribution >= 4 is 52.6 Å². The summed E-state index contributed by atoms with van der Waals surface area (Å²) in [5, 5.41) is 2.96. The van der Waals surface area contributed by atoms with E-state index in [1.54, 1.807) is 18.2 Å². The highest BCUT2D eigenvalue weighted by atomic mass is 35.5. The van der Waals surface area contributed by atoms with Crippen molar-refractivity contribution in [3.05, 3.63) is 99.0 Å². The number of benzene rings is 3. The number of nitrogens with zero attached hydrogens (tertiary/aromatic N) is 1. The average Bonchev–Trinajstić information content (AvgIpc) is 3.19. The molecule has 3 amide bonds. The topological polar surface area (TPSA) is 92.8 Å². The Labute approximate surface area is 228 Å². The average molecular weight is 549 g/mol. The van der Waals surface area contributed by atoms with Crippen LogP contribution in [-0.4, -0.2) is 41.2 Å². The number of amides is 3. The van der Waals surface area contributed by atoms with E-state index >= 15 is 0 Å². The zero-order valence-corrected chi connectivity index (χ0v) is 21.7. The van der Waals surface area contributed by atoms with Crippen LogP contribution in [0.4, 0.5) is 5.69 Å². The Hall–Kier alpha value is -3.68. The van der Waals surface area contributed by atoms with E-state index in [9.17, 15) is 19.2 Å². The molecule has 1 saturated heterocycles. The molecule has 0 aromatic heterocycles. The van der Waals surface area contributed by atoms with E-state index in [0.29, 0.717) is 0 Å². The Morgan fingerprint density at radius 3 is 1.84 bits per heavy atom. The minimum absolute atomic E-state index is 0.162. The third-order valence-corrected chi connectivity index (χ3v) is 8.60. The summed E-state index contributed by atoms with van der Waals surface area (Å²) < 4.78 is 5.19. The summed E-state index contributed by atoms with van der Waals surface area (Å²) in [5.74, 6) is -3.99. The van der Waals surface area contributed by atoms with E-state index in [2.05, 4.69) is 5.32 Å². The lowest BCUT2D eigenvalue weighted by Crippen LogP contribution is -2.45. The second-order valence-corrected chi connectivity index (χ2v) is 10.5. The van der Waals surface area contributed by atoms with Crippen LogP contribution in [-0.2, 0) is 23.9 Å². The number of carbonyl (C=O) groups excluding carboxylic acids is 4. The van der Waals surface area contributed by atoms with Gasteiger partial charge in [0.2, 0.25) is 11.8 Å². The fourth-order valence-corrected chi connectivity index (χ4v) is 6.58. The van der Waals surface area contributed by atoms with Crippen molar-refractivity contribution in [3.8, 4) is 0 Å². The number of nitrogens with one attached hydrogen (secondary N) is 1. The van der Waals surface area contributed by atoms with Gasteiger partial charge < -0.3 is 10.1 Å². The first-order valence-corrected chi connectivity index (χ1v) is 13.0. The highest BCUT2D eigenvalue weighted by Gasteiger charge is 2.62. The molecule has 0 spiro atoms. The van der Waals surface area contributed by atoms with Gasteiger partial charge in [-0.2, -0.15) is 0 Å². The molecule has 38 heavy (non-hydrogen) atoms. The van der Waals surface area contributed by atoms with Crippen LogP contribution in [0.3, 0.4) is 0 Å². The predicted molar refractivity (Wildman–Crippen MR) is 141 cm³/mol. The van der Waals surface area contributed by atoms with Gasteiger partial charge in [0, 0.05) is 11.8 Å². The second kappa shape index (κ2) is 9.26. The maximum atomic E-state index is 13.7. The molecule has 3 atom stereocenters. The van der Waals surface area contributed by atoms with Gasteiger partial charge in [0.1, 0.15) is 6.04 Å². The molecule has 4 aliphatic rings. The molecule has 7 rings (SSSR count). The normalized spacial score (nSPS) is 23.4. The van der Waals surface area contributed by atoms with Gasteiger partial charge in [-0.15, -0.1) is 0 Å². The molecule has 2 bridgehead atoms. The molecule has 0 saturated carbocycles. The van der Waals surface area contributed by atoms with Crippen molar-refractivity contribution in [3.63, 3.8) is 0 Å². The van der Waals surface area contributed by atoms with E-state index in [4.69, 9.17) is 27.9 Å². The first kappa shape index (κ1) is 24.6. The van der Waals surface area contributed by atoms with Crippen molar-refractivity contribution in [2.75, 3.05) is 11.9 Å². The van der Waals surface area contributed by atoms with Crippen LogP contribution in [0.25, 0.3) is 0 Å². The monoisotopic (exact) mass is 548 g/mol. The van der Waals surface area contributed by atoms with Crippen LogP contribution in [0.5, 0.6) is 0 Å². The molecule has 3 aromatic carbocycles. The van der Waals surface area contributed by atoms with Crippen molar-refractivity contribution in [2.24, 2.45) is 11.8 Å². The number of carbonyl (C=O) groups is 4. The zero-order valence-electron chi connectivity index (χ0n) is 20.2. The molecule has 0 radical (unpaired) electrons. The first-order chi connectivity index (χ1) is 18.3. The Bertz CT molecular complexity index is 1410. The molecule has 0 unspecified atom stereocenters. The van der Waals surface area contributed by atoms with Crippen molar-refractivity contribution in [2.45, 2.75) is 24.8 Å². The number of esters is 1. The van der Waals surface area contributed by atoms with Crippen molar-refractivity contribution in [1.29, 1.82) is 0 Å². The molecular weight excluding hydrogens is 527 g/mol. The summed E-state index contributed by atoms with van der Waals surface area (Å²) >= 11 is 12.1. The smallest absolute Gasteiger partial charge is 0.329 e. The Morgan fingerprint density at radius 2 is 1.34 bits per heavy atom. The molecule has 3 aliphatic carbocycles. The zero-order chi connectivity index (χ0) is 26.7. The molecule has 192 valence electrons. The highest BCUT2D eigenvalue weighted by molar-refractivity contribution is 6.44. The molecule has 1 heterocycles. The van der Waals surface area contributed by atoms with Crippen LogP contribution in [0.1, 0.15) is 41.0 Å². The second-order valence-electron chi connectivity index (χ2n) is 9.74. The predicted octanol–water partition coefficient (Wildman–Crippen LogP) is 4.76. The van der Waals surface area contributed by atoms with Gasteiger partial charge in [-0.3, -0.25) is 19.3 Å². The molecule has 9 heteroatoms. The lowest BCUT2D eigenvalue weighted by atomic mass is 9.55. The number of ether oxygens (including phenoxy) is 1. The molecule has 3 aromatic rings. The van der Waals surface area contributed by atoms with Crippen molar-refractivity contribution < 1.29 is 23.9 Å². The maximum Gasteiger partial charge on any atom is 0.329 e. The maximum absolute atomic E-state index is 13.7. The van der Waals surface area contributed by atoms with Gasteiger partial charge in [-0.05, 0) is 41.3 Å². The quantitative estimate of drug-likeness (QED) is 0.366. The number of hydrogen-bond acceptors (Lipinski definition) is 5. The van der Waals surface area contributed by atoms with Crippen LogP contribution in [0.2, 0.25) is 10.0 Å². The largest absolute Gasteiger partial charge is 0.454 e. The highest BCUT2D eigenvalue weighted by Crippen LogP contribution is 2.61. The summed E-state index contributed by atoms with van der Waals surface area (Å²) in [6.45, 7) is 0.834. The van der Waals surface area contributed by atoms with Gasteiger partial charge in [-0.1, -0.05) is 77.8 Å². The van der Waals surface area contributed by atoms with E-state index in [1.807, 2.05) is 48.5 Å². The molecule has 1 aliphatic heterocycles. The molecular formula is C29H22Cl2N2O5. The van der Waals surface area contributed by atoms with Crippen LogP contribution >= 0.6 is 23.2 Å². The summed E-state index contributed by atoms with van der Waals surface area (Å²) in [7, 11) is 0. The van der Waals surface area contributed by atoms with Crippen LogP contribution < -0.4 is 5.32 Å². The summed E-state index contributed by atoms with van der Waals surface area (Å²) in [6.07, 6.45) is 0. The number of imide groups is 1. The number of hydrogen-bond donors (Lipinski definition) is 1. The fraction of sp³-hybridized carbons (Fsp3) is 0.241. The van der Waals surface area contributed by atoms with Crippen LogP contribution in [0, 0.1) is 11.8 Å². The van der Waals surface area contributed by atoms with Gasteiger partial charge in [-0.25, -0.2) is 4.79 Å². The van der Waals surface area contributed by atoms with E-state index in [-0.39, 0.29) is 27.6 Å². The standard InChI is InChI=1S/C29H22Cl2N2O5/c1-14(29(37)38-13-21(34)32-20-12-6-11-19(30)26(20)31)33-27(35)24-22-15-7-2-3-8-16(15)23(25(24)28(33)36)18-10-5-4-9-17(18)22/h2-12,14,22-25H,13H2,1H3,(H,32,34)/t14-,22?,23?,24-,25+/m1/s1. The molecule has 1 N–H and O–H groups in total. The Kier molecular flexibility index (Phi) is 6.00. The SMILES string of the molecule is C[C@H](C(=O)OCC(=O)Nc1cccc(Cl)c1Cl)N1C(=O)[C@@H]2C3c4ccccc4C(c4ccccc43)[C@@H]2C1=O. The minimum Gasteiger partial charge on any atom is -0.454 e. The summed E-state index contributed by atoms with van der Waals surface area (Å²) in [5.41, 5.74) is 4.47. The number of anilines is 1. The lowest BCUT2D eigenvalue weighted by molar-refractivity contribution is -0.159. The van der Waals surface area contributed by atoms with Gasteiger partial charge >= 0.3 is 5.97 Å². The third kappa shape index (κ3) is 3.64. The van der Waals surface area contributed by atoms with Crippen LogP contribution in [0.15, 0.2) is 66.7 Å². The molecule has 7 nitrogen and oxygen atoms in total. The van der Waals surface area contributed by atoms with E-state index in [0.717, 1.165) is 27.2 Å². The van der Waals surface area contributed by atoms with E-state index in [1.165, 1.54) is 6.92 Å². The lowest BCUT2D eigenvalue weighted by Gasteiger charge is -2.45. The van der Waals surface area contributed by atoms with E-state index < -0.39 is 48.2 Å². The van der Waals surface area contributed by atoms with Gasteiger partial charge in [0.15, 0.2) is 6.61 Å². The number of halogens is 2. The fourth-order valence-electron chi connectivity index (χ4n) is 6.23. The first-order valence-electron chi connectivity index (χ1n) is 12.2. The van der Waals surface area contributed by atoms with Crippen molar-refractivity contribution in [1.82, 2.24) is 4.90 Å². The van der Waals surface area contributed by atoms with Gasteiger partial charge in [0.05, 0.1) is 27.6 Å². The molecule has 1 fully saturated rings. The third-order valence-electron chi connectivity index (χ3n) is 7.78. The number of rotatable bonds is 5. The Balaban J connectivity index is 1.21. The summed E-state index contributed by atoms with van der Waals surface area (Å²) in [4.78, 5) is 53.8. The summed E-state index contributed by atoms with van der Waals surface area (Å²) in [6, 6.07) is 19.4.